The van der Waals surface area contributed by atoms with E-state index in [4.69, 9.17) is 23.2 Å². The Morgan fingerprint density at radius 1 is 1.00 bits per heavy atom. The number of carbonyl (C=O) groups is 2. The molecule has 6 heteroatoms. The summed E-state index contributed by atoms with van der Waals surface area (Å²) in [6.07, 6.45) is 0. The average molecular weight is 379 g/mol. The van der Waals surface area contributed by atoms with Crippen molar-refractivity contribution in [1.82, 2.24) is 0 Å². The summed E-state index contributed by atoms with van der Waals surface area (Å²) < 4.78 is 0. The molecule has 0 atom stereocenters. The molecule has 2 rings (SSSR count). The minimum atomic E-state index is -0.302. The third-order valence-corrected chi connectivity index (χ3v) is 4.42. The van der Waals surface area contributed by atoms with E-state index in [2.05, 4.69) is 0 Å². The lowest BCUT2D eigenvalue weighted by molar-refractivity contribution is -0.121. The van der Waals surface area contributed by atoms with Crippen molar-refractivity contribution < 1.29 is 9.59 Å². The number of aryl methyl sites for hydroxylation is 1. The number of amides is 2. The number of halogens is 2. The second-order valence-corrected chi connectivity index (χ2v) is 6.47. The molecule has 25 heavy (non-hydrogen) atoms. The molecule has 0 unspecified atom stereocenters. The van der Waals surface area contributed by atoms with E-state index in [0.717, 1.165) is 11.3 Å². The smallest absolute Gasteiger partial charge is 0.247 e. The molecule has 0 saturated heterocycles. The third-order valence-electron chi connectivity index (χ3n) is 3.81. The normalized spacial score (nSPS) is 10.4. The molecular formula is C19H20Cl2N2O2. The SMILES string of the molecule is CCN(C(=O)CN(C(C)=O)c1c(Cl)cccc1Cl)c1cccc(C)c1. The summed E-state index contributed by atoms with van der Waals surface area (Å²) in [4.78, 5) is 27.9. The van der Waals surface area contributed by atoms with Crippen LogP contribution in [0.15, 0.2) is 42.5 Å². The van der Waals surface area contributed by atoms with E-state index in [1.807, 2.05) is 38.1 Å². The largest absolute Gasteiger partial charge is 0.311 e. The highest BCUT2D eigenvalue weighted by Gasteiger charge is 2.24. The zero-order chi connectivity index (χ0) is 18.6. The molecule has 0 fully saturated rings. The molecule has 0 heterocycles. The minimum Gasteiger partial charge on any atom is -0.311 e. The first-order chi connectivity index (χ1) is 11.8. The average Bonchev–Trinajstić information content (AvgIpc) is 2.54. The second kappa shape index (κ2) is 8.37. The molecule has 0 bridgehead atoms. The lowest BCUT2D eigenvalue weighted by Crippen LogP contribution is -2.42. The van der Waals surface area contributed by atoms with Crippen molar-refractivity contribution in [1.29, 1.82) is 0 Å². The summed E-state index contributed by atoms with van der Waals surface area (Å²) in [5, 5.41) is 0.656. The van der Waals surface area contributed by atoms with Crippen molar-refractivity contribution in [2.24, 2.45) is 0 Å². The van der Waals surface area contributed by atoms with E-state index in [1.165, 1.54) is 11.8 Å². The summed E-state index contributed by atoms with van der Waals surface area (Å²) in [6.45, 7) is 5.59. The van der Waals surface area contributed by atoms with Crippen LogP contribution in [-0.4, -0.2) is 24.9 Å². The molecule has 0 N–H and O–H groups in total. The van der Waals surface area contributed by atoms with Crippen LogP contribution < -0.4 is 9.80 Å². The molecule has 0 aromatic heterocycles. The zero-order valence-corrected chi connectivity index (χ0v) is 15.9. The molecule has 0 aliphatic heterocycles. The van der Waals surface area contributed by atoms with Gasteiger partial charge >= 0.3 is 0 Å². The van der Waals surface area contributed by atoms with Crippen LogP contribution in [0.3, 0.4) is 0 Å². The molecule has 0 spiro atoms. The molecule has 132 valence electrons. The van der Waals surface area contributed by atoms with Gasteiger partial charge in [-0.05, 0) is 43.7 Å². The van der Waals surface area contributed by atoms with Gasteiger partial charge in [0.05, 0.1) is 15.7 Å². The van der Waals surface area contributed by atoms with Gasteiger partial charge in [0.1, 0.15) is 6.54 Å². The molecule has 2 aromatic rings. The molecule has 4 nitrogen and oxygen atoms in total. The van der Waals surface area contributed by atoms with Crippen molar-refractivity contribution in [3.8, 4) is 0 Å². The Kier molecular flexibility index (Phi) is 6.45. The van der Waals surface area contributed by atoms with Gasteiger partial charge in [-0.3, -0.25) is 9.59 Å². The van der Waals surface area contributed by atoms with E-state index in [1.54, 1.807) is 23.1 Å². The number of likely N-dealkylation sites (N-methyl/N-ethyl adjacent to an activating group) is 1. The Morgan fingerprint density at radius 3 is 2.12 bits per heavy atom. The summed E-state index contributed by atoms with van der Waals surface area (Å²) in [6, 6.07) is 12.6. The lowest BCUT2D eigenvalue weighted by Gasteiger charge is -2.27. The molecule has 2 amide bonds. The monoisotopic (exact) mass is 378 g/mol. The van der Waals surface area contributed by atoms with Crippen molar-refractivity contribution in [2.45, 2.75) is 20.8 Å². The molecule has 0 radical (unpaired) electrons. The Morgan fingerprint density at radius 2 is 1.60 bits per heavy atom. The Labute approximate surface area is 157 Å². The van der Waals surface area contributed by atoms with Crippen molar-refractivity contribution in [3.05, 3.63) is 58.1 Å². The topological polar surface area (TPSA) is 40.6 Å². The van der Waals surface area contributed by atoms with Crippen LogP contribution in [0.4, 0.5) is 11.4 Å². The highest BCUT2D eigenvalue weighted by Crippen LogP contribution is 2.33. The van der Waals surface area contributed by atoms with Crippen molar-refractivity contribution in [2.75, 3.05) is 22.9 Å². The van der Waals surface area contributed by atoms with E-state index in [0.29, 0.717) is 22.3 Å². The molecular weight excluding hydrogens is 359 g/mol. The fourth-order valence-corrected chi connectivity index (χ4v) is 3.22. The van der Waals surface area contributed by atoms with Gasteiger partial charge < -0.3 is 9.80 Å². The predicted molar refractivity (Wildman–Crippen MR) is 104 cm³/mol. The first-order valence-electron chi connectivity index (χ1n) is 7.94. The van der Waals surface area contributed by atoms with Gasteiger partial charge in [0.25, 0.3) is 0 Å². The van der Waals surface area contributed by atoms with Gasteiger partial charge in [-0.25, -0.2) is 0 Å². The highest BCUT2D eigenvalue weighted by atomic mass is 35.5. The van der Waals surface area contributed by atoms with Crippen molar-refractivity contribution >= 4 is 46.4 Å². The third kappa shape index (κ3) is 4.53. The number of carbonyl (C=O) groups excluding carboxylic acids is 2. The van der Waals surface area contributed by atoms with E-state index >= 15 is 0 Å². The predicted octanol–water partition coefficient (Wildman–Crippen LogP) is 4.71. The Hall–Kier alpha value is -2.04. The van der Waals surface area contributed by atoms with E-state index in [-0.39, 0.29) is 18.4 Å². The van der Waals surface area contributed by atoms with Gasteiger partial charge in [-0.15, -0.1) is 0 Å². The number of para-hydroxylation sites is 1. The molecule has 0 saturated carbocycles. The maximum atomic E-state index is 12.8. The molecule has 0 aliphatic rings. The lowest BCUT2D eigenvalue weighted by atomic mass is 10.2. The van der Waals surface area contributed by atoms with Crippen LogP contribution in [0.1, 0.15) is 19.4 Å². The fourth-order valence-electron chi connectivity index (χ4n) is 2.61. The minimum absolute atomic E-state index is 0.138. The number of benzene rings is 2. The van der Waals surface area contributed by atoms with Gasteiger partial charge in [0, 0.05) is 19.2 Å². The van der Waals surface area contributed by atoms with Crippen LogP contribution in [0.2, 0.25) is 10.0 Å². The van der Waals surface area contributed by atoms with Crippen molar-refractivity contribution in [3.63, 3.8) is 0 Å². The first-order valence-corrected chi connectivity index (χ1v) is 8.70. The zero-order valence-electron chi connectivity index (χ0n) is 14.4. The quantitative estimate of drug-likeness (QED) is 0.755. The van der Waals surface area contributed by atoms with E-state index < -0.39 is 0 Å². The fraction of sp³-hybridized carbons (Fsp3) is 0.263. The van der Waals surface area contributed by atoms with Gasteiger partial charge in [-0.1, -0.05) is 41.4 Å². The summed E-state index contributed by atoms with van der Waals surface area (Å²) in [7, 11) is 0. The van der Waals surface area contributed by atoms with Crippen LogP contribution >= 0.6 is 23.2 Å². The number of hydrogen-bond acceptors (Lipinski definition) is 2. The standard InChI is InChI=1S/C19H20Cl2N2O2/c1-4-22(15-8-5-7-13(2)11-15)18(25)12-23(14(3)24)19-16(20)9-6-10-17(19)21/h5-11H,4,12H2,1-3H3. The Bertz CT molecular complexity index is 772. The van der Waals surface area contributed by atoms with Gasteiger partial charge in [-0.2, -0.15) is 0 Å². The van der Waals surface area contributed by atoms with Crippen LogP contribution in [0, 0.1) is 6.92 Å². The maximum absolute atomic E-state index is 12.8. The first kappa shape index (κ1) is 19.3. The summed E-state index contributed by atoms with van der Waals surface area (Å²) in [5.41, 5.74) is 2.20. The van der Waals surface area contributed by atoms with Crippen LogP contribution in [-0.2, 0) is 9.59 Å². The van der Waals surface area contributed by atoms with Crippen LogP contribution in [0.5, 0.6) is 0 Å². The van der Waals surface area contributed by atoms with Gasteiger partial charge in [0.2, 0.25) is 11.8 Å². The Balaban J connectivity index is 2.33. The number of rotatable bonds is 5. The number of hydrogen-bond donors (Lipinski definition) is 0. The van der Waals surface area contributed by atoms with E-state index in [9.17, 15) is 9.59 Å². The number of anilines is 2. The molecule has 2 aromatic carbocycles. The van der Waals surface area contributed by atoms with Gasteiger partial charge in [0.15, 0.2) is 0 Å². The molecule has 0 aliphatic carbocycles. The highest BCUT2D eigenvalue weighted by molar-refractivity contribution is 6.40. The summed E-state index contributed by atoms with van der Waals surface area (Å²) in [5.74, 6) is -0.511. The van der Waals surface area contributed by atoms with Crippen LogP contribution in [0.25, 0.3) is 0 Å². The maximum Gasteiger partial charge on any atom is 0.247 e. The second-order valence-electron chi connectivity index (χ2n) is 5.65. The summed E-state index contributed by atoms with van der Waals surface area (Å²) >= 11 is 12.4. The number of nitrogens with zero attached hydrogens (tertiary/aromatic N) is 2.